The first-order valence-electron chi connectivity index (χ1n) is 4.86. The molecular formula is C9H15N3O. The molecule has 1 N–H and O–H groups in total. The van der Waals surface area contributed by atoms with Gasteiger partial charge < -0.3 is 5.11 Å². The molecular weight excluding hydrogens is 166 g/mol. The first kappa shape index (κ1) is 8.69. The van der Waals surface area contributed by atoms with Gasteiger partial charge in [0.15, 0.2) is 0 Å². The molecule has 2 rings (SSSR count). The van der Waals surface area contributed by atoms with Crippen molar-refractivity contribution in [1.82, 2.24) is 14.8 Å². The highest BCUT2D eigenvalue weighted by Gasteiger charge is 2.30. The highest BCUT2D eigenvalue weighted by molar-refractivity contribution is 4.92. The quantitative estimate of drug-likeness (QED) is 0.740. The number of hydrogen-bond acceptors (Lipinski definition) is 3. The van der Waals surface area contributed by atoms with Crippen molar-refractivity contribution in [2.45, 2.75) is 38.8 Å². The summed E-state index contributed by atoms with van der Waals surface area (Å²) in [6, 6.07) is 0. The van der Waals surface area contributed by atoms with Gasteiger partial charge in [0.05, 0.1) is 6.10 Å². The van der Waals surface area contributed by atoms with Gasteiger partial charge in [0.1, 0.15) is 12.2 Å². The SMILES string of the molecule is CCn1ncnc1CC(O)C1CC1. The molecule has 72 valence electrons. The second-order valence-electron chi connectivity index (χ2n) is 3.60. The lowest BCUT2D eigenvalue weighted by Crippen LogP contribution is -2.16. The van der Waals surface area contributed by atoms with Crippen molar-refractivity contribution in [3.8, 4) is 0 Å². The smallest absolute Gasteiger partial charge is 0.138 e. The van der Waals surface area contributed by atoms with Gasteiger partial charge in [0.25, 0.3) is 0 Å². The molecule has 1 fully saturated rings. The Morgan fingerprint density at radius 3 is 3.08 bits per heavy atom. The lowest BCUT2D eigenvalue weighted by molar-refractivity contribution is 0.148. The highest BCUT2D eigenvalue weighted by Crippen LogP contribution is 2.33. The normalized spacial score (nSPS) is 18.9. The molecule has 1 aromatic rings. The average Bonchev–Trinajstić information content (AvgIpc) is 2.88. The van der Waals surface area contributed by atoms with E-state index in [0.29, 0.717) is 12.3 Å². The Morgan fingerprint density at radius 1 is 1.69 bits per heavy atom. The van der Waals surface area contributed by atoms with E-state index in [-0.39, 0.29) is 6.10 Å². The van der Waals surface area contributed by atoms with Crippen molar-refractivity contribution in [3.05, 3.63) is 12.2 Å². The summed E-state index contributed by atoms with van der Waals surface area (Å²) in [7, 11) is 0. The van der Waals surface area contributed by atoms with Crippen molar-refractivity contribution >= 4 is 0 Å². The van der Waals surface area contributed by atoms with Crippen LogP contribution in [-0.4, -0.2) is 26.0 Å². The fraction of sp³-hybridized carbons (Fsp3) is 0.778. The minimum Gasteiger partial charge on any atom is -0.392 e. The number of rotatable bonds is 4. The van der Waals surface area contributed by atoms with Crippen LogP contribution < -0.4 is 0 Å². The summed E-state index contributed by atoms with van der Waals surface area (Å²) in [4.78, 5) is 4.13. The van der Waals surface area contributed by atoms with Gasteiger partial charge in [-0.05, 0) is 25.7 Å². The molecule has 0 bridgehead atoms. The number of aliphatic hydroxyl groups is 1. The molecule has 0 aliphatic heterocycles. The lowest BCUT2D eigenvalue weighted by atomic mass is 10.1. The zero-order chi connectivity index (χ0) is 9.26. The number of hydrogen-bond donors (Lipinski definition) is 1. The Kier molecular flexibility index (Phi) is 2.31. The Morgan fingerprint density at radius 2 is 2.46 bits per heavy atom. The summed E-state index contributed by atoms with van der Waals surface area (Å²) < 4.78 is 1.84. The van der Waals surface area contributed by atoms with Gasteiger partial charge in [-0.2, -0.15) is 5.10 Å². The van der Waals surface area contributed by atoms with Crippen molar-refractivity contribution in [2.24, 2.45) is 5.92 Å². The Hall–Kier alpha value is -0.900. The van der Waals surface area contributed by atoms with Crippen LogP contribution in [0.2, 0.25) is 0 Å². The van der Waals surface area contributed by atoms with Crippen molar-refractivity contribution in [1.29, 1.82) is 0 Å². The topological polar surface area (TPSA) is 50.9 Å². The summed E-state index contributed by atoms with van der Waals surface area (Å²) in [6.45, 7) is 2.86. The standard InChI is InChI=1S/C9H15N3O/c1-2-12-9(10-6-11-12)5-8(13)7-3-4-7/h6-8,13H,2-5H2,1H3. The summed E-state index contributed by atoms with van der Waals surface area (Å²) in [5.74, 6) is 1.42. The van der Waals surface area contributed by atoms with Crippen LogP contribution in [0.4, 0.5) is 0 Å². The molecule has 0 aromatic carbocycles. The van der Waals surface area contributed by atoms with Gasteiger partial charge in [-0.25, -0.2) is 4.98 Å². The summed E-state index contributed by atoms with van der Waals surface area (Å²) >= 11 is 0. The first-order valence-corrected chi connectivity index (χ1v) is 4.86. The molecule has 1 saturated carbocycles. The third-order valence-corrected chi connectivity index (χ3v) is 2.55. The molecule has 1 aliphatic rings. The van der Waals surface area contributed by atoms with Crippen molar-refractivity contribution in [3.63, 3.8) is 0 Å². The number of aromatic nitrogens is 3. The van der Waals surface area contributed by atoms with Gasteiger partial charge in [0.2, 0.25) is 0 Å². The molecule has 1 atom stereocenters. The summed E-state index contributed by atoms with van der Waals surface area (Å²) in [5.41, 5.74) is 0. The molecule has 0 spiro atoms. The second kappa shape index (κ2) is 3.46. The van der Waals surface area contributed by atoms with E-state index in [0.717, 1.165) is 12.4 Å². The van der Waals surface area contributed by atoms with Gasteiger partial charge in [-0.3, -0.25) is 4.68 Å². The minimum atomic E-state index is -0.213. The van der Waals surface area contributed by atoms with E-state index in [4.69, 9.17) is 0 Å². The molecule has 4 heteroatoms. The van der Waals surface area contributed by atoms with E-state index in [9.17, 15) is 5.11 Å². The largest absolute Gasteiger partial charge is 0.392 e. The van der Waals surface area contributed by atoms with E-state index in [1.165, 1.54) is 12.8 Å². The zero-order valence-corrected chi connectivity index (χ0v) is 7.85. The zero-order valence-electron chi connectivity index (χ0n) is 7.85. The average molecular weight is 181 g/mol. The Labute approximate surface area is 77.6 Å². The minimum absolute atomic E-state index is 0.213. The molecule has 1 aliphatic carbocycles. The maximum Gasteiger partial charge on any atom is 0.138 e. The van der Waals surface area contributed by atoms with Crippen LogP contribution in [0.25, 0.3) is 0 Å². The van der Waals surface area contributed by atoms with E-state index in [1.54, 1.807) is 6.33 Å². The second-order valence-corrected chi connectivity index (χ2v) is 3.60. The Bertz CT molecular complexity index is 280. The highest BCUT2D eigenvalue weighted by atomic mass is 16.3. The fourth-order valence-corrected chi connectivity index (χ4v) is 1.55. The van der Waals surface area contributed by atoms with Crippen LogP contribution in [-0.2, 0) is 13.0 Å². The van der Waals surface area contributed by atoms with Gasteiger partial charge >= 0.3 is 0 Å². The number of aliphatic hydroxyl groups excluding tert-OH is 1. The van der Waals surface area contributed by atoms with E-state index in [1.807, 2.05) is 11.6 Å². The Balaban J connectivity index is 1.99. The third kappa shape index (κ3) is 1.88. The van der Waals surface area contributed by atoms with Crippen LogP contribution in [0, 0.1) is 5.92 Å². The van der Waals surface area contributed by atoms with Gasteiger partial charge in [0, 0.05) is 13.0 Å². The first-order chi connectivity index (χ1) is 6.31. The van der Waals surface area contributed by atoms with Crippen molar-refractivity contribution < 1.29 is 5.11 Å². The van der Waals surface area contributed by atoms with E-state index >= 15 is 0 Å². The van der Waals surface area contributed by atoms with E-state index in [2.05, 4.69) is 10.1 Å². The molecule has 4 nitrogen and oxygen atoms in total. The molecule has 13 heavy (non-hydrogen) atoms. The number of aryl methyl sites for hydroxylation is 1. The summed E-state index contributed by atoms with van der Waals surface area (Å²) in [5, 5.41) is 13.8. The molecule has 1 aromatic heterocycles. The summed E-state index contributed by atoms with van der Waals surface area (Å²) in [6.07, 6.45) is 4.33. The molecule has 1 unspecified atom stereocenters. The van der Waals surface area contributed by atoms with Crippen LogP contribution in [0.1, 0.15) is 25.6 Å². The predicted molar refractivity (Wildman–Crippen MR) is 48.1 cm³/mol. The van der Waals surface area contributed by atoms with Crippen LogP contribution in [0.5, 0.6) is 0 Å². The molecule has 0 radical (unpaired) electrons. The van der Waals surface area contributed by atoms with E-state index < -0.39 is 0 Å². The fourth-order valence-electron chi connectivity index (χ4n) is 1.55. The van der Waals surface area contributed by atoms with Crippen molar-refractivity contribution in [2.75, 3.05) is 0 Å². The molecule has 0 saturated heterocycles. The van der Waals surface area contributed by atoms with Gasteiger partial charge in [-0.1, -0.05) is 0 Å². The monoisotopic (exact) mass is 181 g/mol. The third-order valence-electron chi connectivity index (χ3n) is 2.55. The lowest BCUT2D eigenvalue weighted by Gasteiger charge is -2.08. The van der Waals surface area contributed by atoms with Crippen LogP contribution in [0.15, 0.2) is 6.33 Å². The maximum absolute atomic E-state index is 9.70. The number of nitrogens with zero attached hydrogens (tertiary/aromatic N) is 3. The van der Waals surface area contributed by atoms with Crippen LogP contribution >= 0.6 is 0 Å². The molecule has 1 heterocycles. The van der Waals surface area contributed by atoms with Crippen LogP contribution in [0.3, 0.4) is 0 Å². The predicted octanol–water partition coefficient (Wildman–Crippen LogP) is 0.611. The molecule has 0 amide bonds. The maximum atomic E-state index is 9.70. The van der Waals surface area contributed by atoms with Gasteiger partial charge in [-0.15, -0.1) is 0 Å².